The van der Waals surface area contributed by atoms with Gasteiger partial charge in [-0.15, -0.1) is 0 Å². The zero-order valence-corrected chi connectivity index (χ0v) is 23.3. The van der Waals surface area contributed by atoms with E-state index < -0.39 is 11.7 Å². The van der Waals surface area contributed by atoms with Crippen LogP contribution < -0.4 is 10.1 Å². The molecule has 220 valence electrons. The Morgan fingerprint density at radius 3 is 2.38 bits per heavy atom. The summed E-state index contributed by atoms with van der Waals surface area (Å²) in [7, 11) is 1.59. The quantitative estimate of drug-likeness (QED) is 0.257. The number of ether oxygens (including phenoxy) is 2. The number of hydrogen-bond acceptors (Lipinski definition) is 5. The number of hydrogen-bond donors (Lipinski definition) is 1. The molecule has 1 aromatic heterocycles. The van der Waals surface area contributed by atoms with Crippen molar-refractivity contribution in [3.63, 3.8) is 0 Å². The Hall–Kier alpha value is -4.38. The zero-order valence-electron chi connectivity index (χ0n) is 23.3. The third-order valence-corrected chi connectivity index (χ3v) is 7.38. The first-order valence-corrected chi connectivity index (χ1v) is 13.6. The van der Waals surface area contributed by atoms with Gasteiger partial charge in [0.05, 0.1) is 17.7 Å². The number of halogens is 3. The van der Waals surface area contributed by atoms with Crippen molar-refractivity contribution in [2.24, 2.45) is 5.92 Å². The normalized spacial score (nSPS) is 15.3. The van der Waals surface area contributed by atoms with Crippen molar-refractivity contribution in [3.8, 4) is 11.5 Å². The molecule has 2 heterocycles. The molecule has 0 spiro atoms. The Balaban J connectivity index is 1.17. The molecule has 1 fully saturated rings. The van der Waals surface area contributed by atoms with Gasteiger partial charge >= 0.3 is 6.18 Å². The van der Waals surface area contributed by atoms with Crippen molar-refractivity contribution >= 4 is 22.7 Å². The maximum Gasteiger partial charge on any atom is 0.416 e. The van der Waals surface area contributed by atoms with Gasteiger partial charge in [0.1, 0.15) is 11.5 Å². The topological polar surface area (TPSA) is 85.7 Å². The molecule has 1 aliphatic heterocycles. The van der Waals surface area contributed by atoms with Crippen LogP contribution in [0.3, 0.4) is 0 Å². The smallest absolute Gasteiger partial charge is 0.416 e. The predicted molar refractivity (Wildman–Crippen MR) is 151 cm³/mol. The van der Waals surface area contributed by atoms with Crippen LogP contribution in [0.1, 0.15) is 38.3 Å². The Morgan fingerprint density at radius 1 is 1.02 bits per heavy atom. The molecule has 0 aliphatic carbocycles. The number of benzene rings is 3. The van der Waals surface area contributed by atoms with E-state index in [-0.39, 0.29) is 23.5 Å². The van der Waals surface area contributed by atoms with Crippen LogP contribution in [0, 0.1) is 12.8 Å². The predicted octanol–water partition coefficient (Wildman–Crippen LogP) is 5.69. The number of aryl methyl sites for hydroxylation is 1. The van der Waals surface area contributed by atoms with E-state index >= 15 is 0 Å². The minimum absolute atomic E-state index is 0.0934. The van der Waals surface area contributed by atoms with E-state index in [2.05, 4.69) is 5.32 Å². The minimum atomic E-state index is -4.41. The Kier molecular flexibility index (Phi) is 8.49. The van der Waals surface area contributed by atoms with E-state index in [0.29, 0.717) is 49.7 Å². The standard InChI is InChI=1S/C31H31F3N4O4/c1-20-26(29(39)35-14-16-41-2)11-12-28-27(20)19-38(36-28)18-21-13-15-37(17-21)30(40)22-3-7-24(8-4-22)42-25-9-5-23(6-10-25)31(32,33)34/h3-12,19,21H,13-18H2,1-2H3,(H,35,39). The number of alkyl halides is 3. The number of carbonyl (C=O) groups excluding carboxylic acids is 2. The molecule has 5 rings (SSSR count). The second kappa shape index (κ2) is 12.2. The number of aromatic nitrogens is 2. The first-order chi connectivity index (χ1) is 20.1. The Labute approximate surface area is 241 Å². The largest absolute Gasteiger partial charge is 0.457 e. The molecule has 11 heteroatoms. The highest BCUT2D eigenvalue weighted by Crippen LogP contribution is 2.32. The molecule has 1 unspecified atom stereocenters. The molecule has 42 heavy (non-hydrogen) atoms. The minimum Gasteiger partial charge on any atom is -0.457 e. The monoisotopic (exact) mass is 580 g/mol. The maximum atomic E-state index is 13.1. The Morgan fingerprint density at radius 2 is 1.71 bits per heavy atom. The van der Waals surface area contributed by atoms with Crippen LogP contribution in [0.15, 0.2) is 66.9 Å². The van der Waals surface area contributed by atoms with Crippen molar-refractivity contribution in [1.82, 2.24) is 20.0 Å². The molecule has 4 aromatic rings. The molecule has 3 aromatic carbocycles. The van der Waals surface area contributed by atoms with Crippen molar-refractivity contribution in [3.05, 3.63) is 89.1 Å². The fourth-order valence-corrected chi connectivity index (χ4v) is 5.11. The summed E-state index contributed by atoms with van der Waals surface area (Å²) in [4.78, 5) is 27.5. The second-order valence-electron chi connectivity index (χ2n) is 10.3. The lowest BCUT2D eigenvalue weighted by molar-refractivity contribution is -0.137. The molecule has 1 aliphatic rings. The summed E-state index contributed by atoms with van der Waals surface area (Å²) < 4.78 is 50.8. The summed E-state index contributed by atoms with van der Waals surface area (Å²) in [6.45, 7) is 4.65. The van der Waals surface area contributed by atoms with Crippen molar-refractivity contribution in [1.29, 1.82) is 0 Å². The fraction of sp³-hybridized carbons (Fsp3) is 0.323. The number of amides is 2. The SMILES string of the molecule is COCCNC(=O)c1ccc2nn(CC3CCN(C(=O)c4ccc(Oc5ccc(C(F)(F)F)cc5)cc4)C3)cc2c1C. The summed E-state index contributed by atoms with van der Waals surface area (Å²) in [5.41, 5.74) is 2.04. The third kappa shape index (κ3) is 6.57. The van der Waals surface area contributed by atoms with E-state index in [9.17, 15) is 22.8 Å². The van der Waals surface area contributed by atoms with Crippen molar-refractivity contribution in [2.45, 2.75) is 26.1 Å². The van der Waals surface area contributed by atoms with Crippen LogP contribution >= 0.6 is 0 Å². The van der Waals surface area contributed by atoms with Gasteiger partial charge in [0.15, 0.2) is 0 Å². The van der Waals surface area contributed by atoms with Crippen LogP contribution in [0.25, 0.3) is 10.9 Å². The highest BCUT2D eigenvalue weighted by atomic mass is 19.4. The van der Waals surface area contributed by atoms with E-state index in [4.69, 9.17) is 14.6 Å². The van der Waals surface area contributed by atoms with E-state index in [0.717, 1.165) is 35.0 Å². The summed E-state index contributed by atoms with van der Waals surface area (Å²) in [5.74, 6) is 0.671. The van der Waals surface area contributed by atoms with Gasteiger partial charge in [0.25, 0.3) is 11.8 Å². The molecular formula is C31H31F3N4O4. The molecule has 0 bridgehead atoms. The number of rotatable bonds is 9. The average Bonchev–Trinajstić information content (AvgIpc) is 3.61. The highest BCUT2D eigenvalue weighted by molar-refractivity contribution is 6.00. The lowest BCUT2D eigenvalue weighted by Gasteiger charge is -2.17. The number of nitrogens with zero attached hydrogens (tertiary/aromatic N) is 3. The number of carbonyl (C=O) groups is 2. The first-order valence-electron chi connectivity index (χ1n) is 13.6. The van der Waals surface area contributed by atoms with Gasteiger partial charge in [-0.1, -0.05) is 0 Å². The molecule has 8 nitrogen and oxygen atoms in total. The van der Waals surface area contributed by atoms with Crippen LogP contribution in [0.2, 0.25) is 0 Å². The van der Waals surface area contributed by atoms with Crippen LogP contribution in [-0.2, 0) is 17.5 Å². The van der Waals surface area contributed by atoms with Gasteiger partial charge in [-0.25, -0.2) is 0 Å². The second-order valence-corrected chi connectivity index (χ2v) is 10.3. The molecule has 1 N–H and O–H groups in total. The zero-order chi connectivity index (χ0) is 29.9. The first kappa shape index (κ1) is 29.1. The van der Waals surface area contributed by atoms with Gasteiger partial charge in [0.2, 0.25) is 0 Å². The molecule has 0 saturated carbocycles. The number of methoxy groups -OCH3 is 1. The summed E-state index contributed by atoms with van der Waals surface area (Å²) in [5, 5.41) is 8.46. The summed E-state index contributed by atoms with van der Waals surface area (Å²) in [6, 6.07) is 14.6. The number of nitrogens with one attached hydrogen (secondary N) is 1. The fourth-order valence-electron chi connectivity index (χ4n) is 5.11. The lowest BCUT2D eigenvalue weighted by Crippen LogP contribution is -2.29. The summed E-state index contributed by atoms with van der Waals surface area (Å²) in [6.07, 6.45) is -1.62. The average molecular weight is 581 g/mol. The summed E-state index contributed by atoms with van der Waals surface area (Å²) >= 11 is 0. The van der Waals surface area contributed by atoms with Crippen LogP contribution in [0.5, 0.6) is 11.5 Å². The molecule has 0 radical (unpaired) electrons. The van der Waals surface area contributed by atoms with Gasteiger partial charge in [-0.2, -0.15) is 18.3 Å². The van der Waals surface area contributed by atoms with Crippen molar-refractivity contribution < 1.29 is 32.2 Å². The highest BCUT2D eigenvalue weighted by Gasteiger charge is 2.30. The number of fused-ring (bicyclic) bond motifs is 1. The van der Waals surface area contributed by atoms with Gasteiger partial charge in [-0.05, 0) is 85.5 Å². The third-order valence-electron chi connectivity index (χ3n) is 7.38. The van der Waals surface area contributed by atoms with E-state index in [1.165, 1.54) is 12.1 Å². The molecule has 1 atom stereocenters. The molecule has 2 amide bonds. The van der Waals surface area contributed by atoms with E-state index in [1.807, 2.05) is 28.8 Å². The van der Waals surface area contributed by atoms with Gasteiger partial charge in [-0.3, -0.25) is 14.3 Å². The lowest BCUT2D eigenvalue weighted by atomic mass is 10.0. The molecular weight excluding hydrogens is 549 g/mol. The van der Waals surface area contributed by atoms with Gasteiger partial charge in [0, 0.05) is 56.0 Å². The van der Waals surface area contributed by atoms with Gasteiger partial charge < -0.3 is 19.7 Å². The molecule has 1 saturated heterocycles. The van der Waals surface area contributed by atoms with Crippen molar-refractivity contribution in [2.75, 3.05) is 33.4 Å². The number of likely N-dealkylation sites (tertiary alicyclic amines) is 1. The Bertz CT molecular complexity index is 1570. The van der Waals surface area contributed by atoms with Crippen LogP contribution in [0.4, 0.5) is 13.2 Å². The maximum absolute atomic E-state index is 13.1. The van der Waals surface area contributed by atoms with Crippen LogP contribution in [-0.4, -0.2) is 59.8 Å². The van der Waals surface area contributed by atoms with E-state index in [1.54, 1.807) is 37.4 Å².